The molecule has 0 fully saturated rings. The summed E-state index contributed by atoms with van der Waals surface area (Å²) in [5.74, 6) is 2.54. The van der Waals surface area contributed by atoms with E-state index in [2.05, 4.69) is 10.3 Å². The molecule has 0 aliphatic heterocycles. The van der Waals surface area contributed by atoms with Crippen molar-refractivity contribution in [2.75, 3.05) is 18.5 Å². The van der Waals surface area contributed by atoms with Crippen molar-refractivity contribution in [1.29, 1.82) is 0 Å². The lowest BCUT2D eigenvalue weighted by molar-refractivity contribution is 0.327. The van der Waals surface area contributed by atoms with Gasteiger partial charge < -0.3 is 14.8 Å². The van der Waals surface area contributed by atoms with Crippen LogP contribution in [-0.4, -0.2) is 18.2 Å². The molecule has 0 saturated carbocycles. The molecule has 1 aromatic heterocycles. The number of aromatic nitrogens is 1. The van der Waals surface area contributed by atoms with Crippen LogP contribution in [0.3, 0.4) is 0 Å². The lowest BCUT2D eigenvalue weighted by Gasteiger charge is -2.12. The van der Waals surface area contributed by atoms with Gasteiger partial charge >= 0.3 is 0 Å². The van der Waals surface area contributed by atoms with Gasteiger partial charge in [-0.25, -0.2) is 0 Å². The topological polar surface area (TPSA) is 43.4 Å². The number of hydrogen-bond donors (Lipinski definition) is 1. The summed E-state index contributed by atoms with van der Waals surface area (Å²) in [5, 5.41) is 3.24. The zero-order valence-corrected chi connectivity index (χ0v) is 13.0. The van der Waals surface area contributed by atoms with Crippen LogP contribution in [0.4, 0.5) is 11.5 Å². The zero-order valence-electron chi connectivity index (χ0n) is 12.2. The summed E-state index contributed by atoms with van der Waals surface area (Å²) in [5.41, 5.74) is 1.86. The highest BCUT2D eigenvalue weighted by molar-refractivity contribution is 6.17. The number of anilines is 2. The summed E-state index contributed by atoms with van der Waals surface area (Å²) in [6.07, 6.45) is 0. The molecule has 5 heteroatoms. The van der Waals surface area contributed by atoms with Gasteiger partial charge in [0.15, 0.2) is 0 Å². The van der Waals surface area contributed by atoms with Crippen molar-refractivity contribution in [3.8, 4) is 11.6 Å². The van der Waals surface area contributed by atoms with Crippen molar-refractivity contribution in [3.05, 3.63) is 42.0 Å². The molecule has 1 aromatic carbocycles. The van der Waals surface area contributed by atoms with E-state index in [-0.39, 0.29) is 0 Å². The number of alkyl halides is 1. The number of halogens is 1. The Hall–Kier alpha value is -1.94. The molecule has 112 valence electrons. The Labute approximate surface area is 130 Å². The van der Waals surface area contributed by atoms with Gasteiger partial charge in [-0.05, 0) is 38.1 Å². The molecule has 1 N–H and O–H groups in total. The van der Waals surface area contributed by atoms with Gasteiger partial charge in [0.05, 0.1) is 19.1 Å². The maximum absolute atomic E-state index is 5.97. The van der Waals surface area contributed by atoms with Crippen molar-refractivity contribution < 1.29 is 9.47 Å². The molecule has 1 heterocycles. The molecule has 0 atom stereocenters. The lowest BCUT2D eigenvalue weighted by Crippen LogP contribution is -2.00. The second-order valence-electron chi connectivity index (χ2n) is 4.31. The molecule has 0 radical (unpaired) electrons. The van der Waals surface area contributed by atoms with Crippen LogP contribution in [-0.2, 0) is 5.88 Å². The first kappa shape index (κ1) is 15.4. The lowest BCUT2D eigenvalue weighted by atomic mass is 10.2. The van der Waals surface area contributed by atoms with E-state index in [1.54, 1.807) is 0 Å². The minimum absolute atomic E-state index is 0.400. The average molecular weight is 307 g/mol. The maximum Gasteiger partial charge on any atom is 0.215 e. The Morgan fingerprint density at radius 3 is 2.62 bits per heavy atom. The van der Waals surface area contributed by atoms with Crippen LogP contribution in [0.2, 0.25) is 0 Å². The summed E-state index contributed by atoms with van der Waals surface area (Å²) < 4.78 is 10.9. The number of benzene rings is 1. The first-order chi connectivity index (χ1) is 10.3. The number of nitrogens with one attached hydrogen (secondary N) is 1. The zero-order chi connectivity index (χ0) is 15.1. The fourth-order valence-corrected chi connectivity index (χ4v) is 2.13. The van der Waals surface area contributed by atoms with Crippen molar-refractivity contribution in [1.82, 2.24) is 4.98 Å². The van der Waals surface area contributed by atoms with Crippen LogP contribution >= 0.6 is 11.6 Å². The van der Waals surface area contributed by atoms with E-state index < -0.39 is 0 Å². The van der Waals surface area contributed by atoms with Gasteiger partial charge in [0.2, 0.25) is 5.88 Å². The van der Waals surface area contributed by atoms with E-state index in [0.717, 1.165) is 22.8 Å². The normalized spacial score (nSPS) is 10.2. The molecule has 0 bridgehead atoms. The van der Waals surface area contributed by atoms with Crippen LogP contribution in [0.15, 0.2) is 36.4 Å². The fraction of sp³-hybridized carbons (Fsp3) is 0.312. The van der Waals surface area contributed by atoms with Crippen LogP contribution in [0, 0.1) is 0 Å². The Kier molecular flexibility index (Phi) is 5.69. The molecule has 0 amide bonds. The number of ether oxygens (including phenoxy) is 2. The largest absolute Gasteiger partial charge is 0.494 e. The first-order valence-electron chi connectivity index (χ1n) is 6.95. The molecule has 2 aromatic rings. The van der Waals surface area contributed by atoms with Gasteiger partial charge in [0, 0.05) is 17.3 Å². The summed E-state index contributed by atoms with van der Waals surface area (Å²) in [6, 6.07) is 11.4. The van der Waals surface area contributed by atoms with E-state index in [4.69, 9.17) is 21.1 Å². The third kappa shape index (κ3) is 4.26. The van der Waals surface area contributed by atoms with Gasteiger partial charge in [0.1, 0.15) is 11.6 Å². The summed E-state index contributed by atoms with van der Waals surface area (Å²) in [4.78, 5) is 4.37. The second kappa shape index (κ2) is 7.74. The molecule has 4 nitrogen and oxygen atoms in total. The predicted molar refractivity (Wildman–Crippen MR) is 85.9 cm³/mol. The second-order valence-corrected chi connectivity index (χ2v) is 4.58. The van der Waals surface area contributed by atoms with Gasteiger partial charge in [-0.1, -0.05) is 6.07 Å². The summed E-state index contributed by atoms with van der Waals surface area (Å²) in [6.45, 7) is 5.10. The number of rotatable bonds is 7. The smallest absolute Gasteiger partial charge is 0.215 e. The van der Waals surface area contributed by atoms with E-state index in [1.807, 2.05) is 50.2 Å². The van der Waals surface area contributed by atoms with E-state index in [0.29, 0.717) is 25.0 Å². The minimum atomic E-state index is 0.400. The average Bonchev–Trinajstić information content (AvgIpc) is 2.50. The van der Waals surface area contributed by atoms with Crippen LogP contribution in [0.1, 0.15) is 19.4 Å². The quantitative estimate of drug-likeness (QED) is 0.772. The maximum atomic E-state index is 5.97. The highest BCUT2D eigenvalue weighted by atomic mass is 35.5. The molecular weight excluding hydrogens is 288 g/mol. The Morgan fingerprint density at radius 1 is 1.10 bits per heavy atom. The van der Waals surface area contributed by atoms with Crippen molar-refractivity contribution in [3.63, 3.8) is 0 Å². The number of nitrogens with zero attached hydrogens (tertiary/aromatic N) is 1. The van der Waals surface area contributed by atoms with Gasteiger partial charge in [-0.2, -0.15) is 4.98 Å². The van der Waals surface area contributed by atoms with Gasteiger partial charge in [0.25, 0.3) is 0 Å². The standard InChI is InChI=1S/C16H19ClN2O2/c1-3-20-14-9-8-13(10-12(14)11-17)18-15-6-5-7-16(19-15)21-4-2/h5-10H,3-4,11H2,1-2H3,(H,18,19). The summed E-state index contributed by atoms with van der Waals surface area (Å²) in [7, 11) is 0. The molecule has 2 rings (SSSR count). The van der Waals surface area contributed by atoms with Crippen molar-refractivity contribution in [2.45, 2.75) is 19.7 Å². The molecule has 0 saturated heterocycles. The van der Waals surface area contributed by atoms with E-state index >= 15 is 0 Å². The number of hydrogen-bond acceptors (Lipinski definition) is 4. The third-order valence-corrected chi connectivity index (χ3v) is 3.08. The van der Waals surface area contributed by atoms with Crippen molar-refractivity contribution in [2.24, 2.45) is 0 Å². The molecule has 0 unspecified atom stereocenters. The van der Waals surface area contributed by atoms with E-state index in [9.17, 15) is 0 Å². The van der Waals surface area contributed by atoms with Crippen LogP contribution < -0.4 is 14.8 Å². The monoisotopic (exact) mass is 306 g/mol. The Bertz CT molecular complexity index is 590. The fourth-order valence-electron chi connectivity index (χ4n) is 1.92. The third-order valence-electron chi connectivity index (χ3n) is 2.79. The highest BCUT2D eigenvalue weighted by Gasteiger charge is 2.05. The SMILES string of the molecule is CCOc1cccc(Nc2ccc(OCC)c(CCl)c2)n1. The Morgan fingerprint density at radius 2 is 1.90 bits per heavy atom. The summed E-state index contributed by atoms with van der Waals surface area (Å²) >= 11 is 5.97. The van der Waals surface area contributed by atoms with Crippen LogP contribution in [0.25, 0.3) is 0 Å². The van der Waals surface area contributed by atoms with Crippen molar-refractivity contribution >= 4 is 23.1 Å². The van der Waals surface area contributed by atoms with Crippen LogP contribution in [0.5, 0.6) is 11.6 Å². The molecule has 0 spiro atoms. The van der Waals surface area contributed by atoms with E-state index in [1.165, 1.54) is 0 Å². The van der Waals surface area contributed by atoms with Gasteiger partial charge in [-0.15, -0.1) is 11.6 Å². The minimum Gasteiger partial charge on any atom is -0.494 e. The molecule has 0 aliphatic rings. The highest BCUT2D eigenvalue weighted by Crippen LogP contribution is 2.26. The van der Waals surface area contributed by atoms with Gasteiger partial charge in [-0.3, -0.25) is 0 Å². The molecule has 21 heavy (non-hydrogen) atoms. The molecular formula is C16H19ClN2O2. The first-order valence-corrected chi connectivity index (χ1v) is 7.48. The number of pyridine rings is 1. The Balaban J connectivity index is 2.17. The predicted octanol–water partition coefficient (Wildman–Crippen LogP) is 4.36. The molecule has 0 aliphatic carbocycles.